The van der Waals surface area contributed by atoms with Gasteiger partial charge in [0.2, 0.25) is 0 Å². The molecule has 0 saturated heterocycles. The number of nitrogen functional groups attached to an aromatic ring is 1. The first-order valence-corrected chi connectivity index (χ1v) is 6.22. The first kappa shape index (κ1) is 13.1. The maximum Gasteiger partial charge on any atom is 0.0346 e. The molecule has 0 heterocycles. The normalized spacial score (nSPS) is 13.8. The number of para-hydroxylation sites is 1. The monoisotopic (exact) mass is 219 g/mol. The van der Waals surface area contributed by atoms with Gasteiger partial charge in [0.1, 0.15) is 0 Å². The van der Waals surface area contributed by atoms with Gasteiger partial charge >= 0.3 is 0 Å². The zero-order chi connectivity index (χ0) is 12.2. The Morgan fingerprint density at radius 1 is 1.19 bits per heavy atom. The smallest absolute Gasteiger partial charge is 0.0346 e. The van der Waals surface area contributed by atoms with Crippen molar-refractivity contribution in [2.24, 2.45) is 11.3 Å². The first-order chi connectivity index (χ1) is 7.38. The molecule has 1 rings (SSSR count). The summed E-state index contributed by atoms with van der Waals surface area (Å²) >= 11 is 0. The molecule has 2 N–H and O–H groups in total. The van der Waals surface area contributed by atoms with E-state index in [0.717, 1.165) is 18.0 Å². The lowest BCUT2D eigenvalue weighted by Crippen LogP contribution is -2.11. The zero-order valence-electron chi connectivity index (χ0n) is 11.1. The Labute approximate surface area is 100 Å². The van der Waals surface area contributed by atoms with E-state index >= 15 is 0 Å². The van der Waals surface area contributed by atoms with E-state index in [2.05, 4.69) is 39.8 Å². The van der Waals surface area contributed by atoms with Crippen LogP contribution < -0.4 is 5.73 Å². The number of rotatable bonds is 4. The van der Waals surface area contributed by atoms with Crippen molar-refractivity contribution >= 4 is 5.69 Å². The number of hydrogen-bond donors (Lipinski definition) is 1. The van der Waals surface area contributed by atoms with E-state index in [1.165, 1.54) is 18.4 Å². The highest BCUT2D eigenvalue weighted by atomic mass is 14.6. The SMILES string of the molecule is CC(CCc1ccccc1N)CC(C)(C)C. The quantitative estimate of drug-likeness (QED) is 0.752. The molecule has 0 aliphatic carbocycles. The van der Waals surface area contributed by atoms with Crippen molar-refractivity contribution in [3.63, 3.8) is 0 Å². The average Bonchev–Trinajstić information content (AvgIpc) is 2.14. The van der Waals surface area contributed by atoms with Crippen LogP contribution in [-0.2, 0) is 6.42 Å². The first-order valence-electron chi connectivity index (χ1n) is 6.22. The highest BCUT2D eigenvalue weighted by Gasteiger charge is 2.15. The summed E-state index contributed by atoms with van der Waals surface area (Å²) in [6.45, 7) is 9.26. The molecule has 0 bridgehead atoms. The van der Waals surface area contributed by atoms with E-state index in [9.17, 15) is 0 Å². The molecule has 1 aromatic rings. The van der Waals surface area contributed by atoms with Gasteiger partial charge in [-0.15, -0.1) is 0 Å². The summed E-state index contributed by atoms with van der Waals surface area (Å²) < 4.78 is 0. The summed E-state index contributed by atoms with van der Waals surface area (Å²) in [7, 11) is 0. The van der Waals surface area contributed by atoms with Gasteiger partial charge in [0, 0.05) is 5.69 Å². The predicted octanol–water partition coefficient (Wildman–Crippen LogP) is 4.27. The van der Waals surface area contributed by atoms with Gasteiger partial charge in [-0.25, -0.2) is 0 Å². The minimum Gasteiger partial charge on any atom is -0.399 e. The molecule has 1 unspecified atom stereocenters. The second kappa shape index (κ2) is 5.38. The minimum atomic E-state index is 0.432. The van der Waals surface area contributed by atoms with E-state index in [0.29, 0.717) is 5.41 Å². The average molecular weight is 219 g/mol. The lowest BCUT2D eigenvalue weighted by Gasteiger charge is -2.23. The van der Waals surface area contributed by atoms with Gasteiger partial charge < -0.3 is 5.73 Å². The maximum absolute atomic E-state index is 5.93. The van der Waals surface area contributed by atoms with Crippen molar-refractivity contribution in [1.29, 1.82) is 0 Å². The highest BCUT2D eigenvalue weighted by Crippen LogP contribution is 2.27. The maximum atomic E-state index is 5.93. The minimum absolute atomic E-state index is 0.432. The van der Waals surface area contributed by atoms with Crippen LogP contribution in [0.2, 0.25) is 0 Å². The fourth-order valence-electron chi connectivity index (χ4n) is 2.31. The number of anilines is 1. The molecule has 0 aliphatic heterocycles. The van der Waals surface area contributed by atoms with Crippen LogP contribution in [0.5, 0.6) is 0 Å². The van der Waals surface area contributed by atoms with E-state index in [-0.39, 0.29) is 0 Å². The van der Waals surface area contributed by atoms with E-state index in [1.54, 1.807) is 0 Å². The molecule has 0 amide bonds. The summed E-state index contributed by atoms with van der Waals surface area (Å²) in [5.74, 6) is 0.764. The van der Waals surface area contributed by atoms with Crippen LogP contribution in [0.4, 0.5) is 5.69 Å². The molecule has 0 fully saturated rings. The summed E-state index contributed by atoms with van der Waals surface area (Å²) in [6, 6.07) is 8.19. The topological polar surface area (TPSA) is 26.0 Å². The van der Waals surface area contributed by atoms with E-state index in [4.69, 9.17) is 5.73 Å². The van der Waals surface area contributed by atoms with Crippen molar-refractivity contribution in [3.8, 4) is 0 Å². The summed E-state index contributed by atoms with van der Waals surface area (Å²) in [5, 5.41) is 0. The van der Waals surface area contributed by atoms with Gasteiger partial charge in [0.15, 0.2) is 0 Å². The fourth-order valence-corrected chi connectivity index (χ4v) is 2.31. The molecule has 1 heteroatoms. The lowest BCUT2D eigenvalue weighted by molar-refractivity contribution is 0.297. The zero-order valence-corrected chi connectivity index (χ0v) is 11.1. The summed E-state index contributed by atoms with van der Waals surface area (Å²) in [4.78, 5) is 0. The predicted molar refractivity (Wildman–Crippen MR) is 72.4 cm³/mol. The third kappa shape index (κ3) is 4.69. The Morgan fingerprint density at radius 2 is 1.81 bits per heavy atom. The molecular weight excluding hydrogens is 194 g/mol. The van der Waals surface area contributed by atoms with Gasteiger partial charge in [0.25, 0.3) is 0 Å². The van der Waals surface area contributed by atoms with Crippen LogP contribution in [-0.4, -0.2) is 0 Å². The van der Waals surface area contributed by atoms with Crippen LogP contribution in [0, 0.1) is 11.3 Å². The van der Waals surface area contributed by atoms with Crippen molar-refractivity contribution in [3.05, 3.63) is 29.8 Å². The van der Waals surface area contributed by atoms with Crippen LogP contribution in [0.1, 0.15) is 46.1 Å². The second-order valence-corrected chi connectivity index (χ2v) is 6.11. The van der Waals surface area contributed by atoms with Gasteiger partial charge in [-0.2, -0.15) is 0 Å². The fraction of sp³-hybridized carbons (Fsp3) is 0.600. The van der Waals surface area contributed by atoms with Gasteiger partial charge in [-0.05, 0) is 42.2 Å². The Balaban J connectivity index is 2.43. The number of aryl methyl sites for hydroxylation is 1. The van der Waals surface area contributed by atoms with Crippen molar-refractivity contribution < 1.29 is 0 Å². The summed E-state index contributed by atoms with van der Waals surface area (Å²) in [5.41, 5.74) is 8.60. The number of nitrogens with two attached hydrogens (primary N) is 1. The summed E-state index contributed by atoms with van der Waals surface area (Å²) in [6.07, 6.45) is 3.61. The molecule has 1 nitrogen and oxygen atoms in total. The standard InChI is InChI=1S/C15H25N/c1-12(11-15(2,3)4)9-10-13-7-5-6-8-14(13)16/h5-8,12H,9-11,16H2,1-4H3. The molecule has 0 saturated carbocycles. The molecule has 0 aliphatic rings. The largest absolute Gasteiger partial charge is 0.399 e. The third-order valence-corrected chi connectivity index (χ3v) is 2.92. The van der Waals surface area contributed by atoms with E-state index in [1.807, 2.05) is 12.1 Å². The van der Waals surface area contributed by atoms with Crippen molar-refractivity contribution in [1.82, 2.24) is 0 Å². The Kier molecular flexibility index (Phi) is 4.40. The third-order valence-electron chi connectivity index (χ3n) is 2.92. The van der Waals surface area contributed by atoms with Gasteiger partial charge in [0.05, 0.1) is 0 Å². The Morgan fingerprint density at radius 3 is 2.38 bits per heavy atom. The highest BCUT2D eigenvalue weighted by molar-refractivity contribution is 5.46. The number of hydrogen-bond acceptors (Lipinski definition) is 1. The number of benzene rings is 1. The molecule has 0 radical (unpaired) electrons. The molecule has 90 valence electrons. The van der Waals surface area contributed by atoms with Crippen LogP contribution in [0.15, 0.2) is 24.3 Å². The van der Waals surface area contributed by atoms with Crippen LogP contribution >= 0.6 is 0 Å². The Bertz CT molecular complexity index is 322. The lowest BCUT2D eigenvalue weighted by atomic mass is 9.83. The van der Waals surface area contributed by atoms with Crippen LogP contribution in [0.3, 0.4) is 0 Å². The molecule has 0 aromatic heterocycles. The van der Waals surface area contributed by atoms with Crippen molar-refractivity contribution in [2.45, 2.75) is 47.0 Å². The van der Waals surface area contributed by atoms with E-state index < -0.39 is 0 Å². The Hall–Kier alpha value is -0.980. The second-order valence-electron chi connectivity index (χ2n) is 6.11. The van der Waals surface area contributed by atoms with Crippen LogP contribution in [0.25, 0.3) is 0 Å². The molecule has 0 spiro atoms. The van der Waals surface area contributed by atoms with Crippen molar-refractivity contribution in [2.75, 3.05) is 5.73 Å². The molecule has 1 aromatic carbocycles. The molecular formula is C15H25N. The molecule has 16 heavy (non-hydrogen) atoms. The molecule has 1 atom stereocenters. The van der Waals surface area contributed by atoms with Gasteiger partial charge in [-0.3, -0.25) is 0 Å². The van der Waals surface area contributed by atoms with Gasteiger partial charge in [-0.1, -0.05) is 45.9 Å².